The van der Waals surface area contributed by atoms with Crippen molar-refractivity contribution in [3.05, 3.63) is 24.2 Å². The topological polar surface area (TPSA) is 67.7 Å². The molecule has 2 aromatic heterocycles. The van der Waals surface area contributed by atoms with Gasteiger partial charge < -0.3 is 9.52 Å². The minimum Gasteiger partial charge on any atom is -0.475 e. The predicted octanol–water partition coefficient (Wildman–Crippen LogP) is 0.625. The van der Waals surface area contributed by atoms with Crippen molar-refractivity contribution >= 4 is 11.7 Å². The molecule has 5 nitrogen and oxygen atoms in total. The van der Waals surface area contributed by atoms with Gasteiger partial charge in [-0.15, -0.1) is 0 Å². The van der Waals surface area contributed by atoms with E-state index in [1.165, 1.54) is 16.9 Å². The Morgan fingerprint density at radius 2 is 2.55 bits per heavy atom. The molecule has 0 unspecified atom stereocenters. The van der Waals surface area contributed by atoms with Crippen LogP contribution < -0.4 is 0 Å². The van der Waals surface area contributed by atoms with Crippen LogP contribution in [0.2, 0.25) is 0 Å². The molecule has 2 aromatic rings. The molecular formula is C6H4N2O3. The van der Waals surface area contributed by atoms with E-state index in [0.29, 0.717) is 5.71 Å². The third-order valence-corrected chi connectivity index (χ3v) is 1.30. The Bertz CT molecular complexity index is 372. The standard InChI is InChI=1S/C6H4N2O3/c9-6(10)4-3-8-5(11-4)1-2-7-8/h1-3H,(H,9,10). The SMILES string of the molecule is O=C(O)c1cn2nccc2o1. The lowest BCUT2D eigenvalue weighted by molar-refractivity contribution is 0.0665. The maximum absolute atomic E-state index is 10.3. The molecule has 0 saturated carbocycles. The van der Waals surface area contributed by atoms with Gasteiger partial charge in [0.15, 0.2) is 0 Å². The summed E-state index contributed by atoms with van der Waals surface area (Å²) in [5, 5.41) is 12.3. The highest BCUT2D eigenvalue weighted by Crippen LogP contribution is 2.07. The summed E-state index contributed by atoms with van der Waals surface area (Å²) in [5.74, 6) is -1.19. The van der Waals surface area contributed by atoms with Gasteiger partial charge in [0, 0.05) is 6.07 Å². The minimum atomic E-state index is -1.09. The maximum Gasteiger partial charge on any atom is 0.373 e. The average Bonchev–Trinajstić information content (AvgIpc) is 2.40. The number of carboxylic acids is 1. The lowest BCUT2D eigenvalue weighted by Crippen LogP contribution is -1.92. The molecule has 0 amide bonds. The molecule has 0 aliphatic rings. The fourth-order valence-corrected chi connectivity index (χ4v) is 0.829. The van der Waals surface area contributed by atoms with Gasteiger partial charge >= 0.3 is 5.97 Å². The van der Waals surface area contributed by atoms with Gasteiger partial charge in [-0.25, -0.2) is 9.31 Å². The number of aromatic carboxylic acids is 1. The highest BCUT2D eigenvalue weighted by Gasteiger charge is 2.09. The summed E-state index contributed by atoms with van der Waals surface area (Å²) in [7, 11) is 0. The van der Waals surface area contributed by atoms with Crippen LogP contribution in [0.1, 0.15) is 10.6 Å². The van der Waals surface area contributed by atoms with Crippen molar-refractivity contribution in [2.24, 2.45) is 0 Å². The van der Waals surface area contributed by atoms with Crippen molar-refractivity contribution in [3.63, 3.8) is 0 Å². The van der Waals surface area contributed by atoms with Gasteiger partial charge in [-0.3, -0.25) is 0 Å². The molecule has 0 aliphatic carbocycles. The van der Waals surface area contributed by atoms with Crippen LogP contribution in [0.25, 0.3) is 5.71 Å². The fourth-order valence-electron chi connectivity index (χ4n) is 0.829. The van der Waals surface area contributed by atoms with Crippen LogP contribution in [-0.2, 0) is 0 Å². The lowest BCUT2D eigenvalue weighted by atomic mass is 10.5. The van der Waals surface area contributed by atoms with Crippen LogP contribution >= 0.6 is 0 Å². The Balaban J connectivity index is 2.67. The number of fused-ring (bicyclic) bond motifs is 1. The van der Waals surface area contributed by atoms with Gasteiger partial charge in [-0.2, -0.15) is 5.10 Å². The zero-order valence-corrected chi connectivity index (χ0v) is 5.39. The number of carboxylic acid groups (broad SMARTS) is 1. The summed E-state index contributed by atoms with van der Waals surface area (Å²) >= 11 is 0. The normalized spacial score (nSPS) is 10.5. The first kappa shape index (κ1) is 5.96. The molecule has 0 saturated heterocycles. The second-order valence-corrected chi connectivity index (χ2v) is 2.01. The molecule has 0 aliphatic heterocycles. The van der Waals surface area contributed by atoms with Gasteiger partial charge in [0.05, 0.1) is 12.4 Å². The van der Waals surface area contributed by atoms with E-state index in [4.69, 9.17) is 9.52 Å². The van der Waals surface area contributed by atoms with Crippen LogP contribution in [-0.4, -0.2) is 20.7 Å². The monoisotopic (exact) mass is 152 g/mol. The van der Waals surface area contributed by atoms with Crippen molar-refractivity contribution in [1.29, 1.82) is 0 Å². The molecular weight excluding hydrogens is 148 g/mol. The summed E-state index contributed by atoms with van der Waals surface area (Å²) in [4.78, 5) is 10.3. The zero-order chi connectivity index (χ0) is 7.84. The second-order valence-electron chi connectivity index (χ2n) is 2.01. The fraction of sp³-hybridized carbons (Fsp3) is 0. The highest BCUT2D eigenvalue weighted by molar-refractivity contribution is 5.84. The third kappa shape index (κ3) is 0.778. The van der Waals surface area contributed by atoms with E-state index in [2.05, 4.69) is 5.10 Å². The van der Waals surface area contributed by atoms with E-state index < -0.39 is 5.97 Å². The number of hydrogen-bond donors (Lipinski definition) is 1. The number of rotatable bonds is 1. The zero-order valence-electron chi connectivity index (χ0n) is 5.39. The lowest BCUT2D eigenvalue weighted by Gasteiger charge is -1.79. The quantitative estimate of drug-likeness (QED) is 0.650. The summed E-state index contributed by atoms with van der Waals surface area (Å²) < 4.78 is 6.23. The number of carbonyl (C=O) groups is 1. The maximum atomic E-state index is 10.3. The van der Waals surface area contributed by atoms with Crippen LogP contribution in [0.4, 0.5) is 0 Å². The van der Waals surface area contributed by atoms with Crippen LogP contribution in [0, 0.1) is 0 Å². The number of nitrogens with zero attached hydrogens (tertiary/aromatic N) is 2. The highest BCUT2D eigenvalue weighted by atomic mass is 16.4. The first-order chi connectivity index (χ1) is 5.27. The Morgan fingerprint density at radius 1 is 1.73 bits per heavy atom. The number of hydrogen-bond acceptors (Lipinski definition) is 3. The molecule has 2 heterocycles. The Kier molecular flexibility index (Phi) is 1.00. The largest absolute Gasteiger partial charge is 0.475 e. The molecule has 0 fully saturated rings. The van der Waals surface area contributed by atoms with Gasteiger partial charge in [-0.1, -0.05) is 0 Å². The molecule has 56 valence electrons. The van der Waals surface area contributed by atoms with Crippen LogP contribution in [0.3, 0.4) is 0 Å². The van der Waals surface area contributed by atoms with Crippen molar-refractivity contribution in [2.75, 3.05) is 0 Å². The molecule has 2 rings (SSSR count). The van der Waals surface area contributed by atoms with E-state index in [9.17, 15) is 4.79 Å². The predicted molar refractivity (Wildman–Crippen MR) is 34.4 cm³/mol. The van der Waals surface area contributed by atoms with Crippen LogP contribution in [0.5, 0.6) is 0 Å². The molecule has 0 aromatic carbocycles. The van der Waals surface area contributed by atoms with Gasteiger partial charge in [0.25, 0.3) is 0 Å². The molecule has 0 spiro atoms. The van der Waals surface area contributed by atoms with E-state index >= 15 is 0 Å². The van der Waals surface area contributed by atoms with Crippen molar-refractivity contribution in [2.45, 2.75) is 0 Å². The molecule has 5 heteroatoms. The molecule has 11 heavy (non-hydrogen) atoms. The third-order valence-electron chi connectivity index (χ3n) is 1.30. The molecule has 0 atom stereocenters. The van der Waals surface area contributed by atoms with Gasteiger partial charge in [0.2, 0.25) is 11.5 Å². The number of oxazole rings is 1. The Hall–Kier alpha value is -1.78. The molecule has 1 N–H and O–H groups in total. The average molecular weight is 152 g/mol. The summed E-state index contributed by atoms with van der Waals surface area (Å²) in [5.41, 5.74) is 0.433. The first-order valence-corrected chi connectivity index (χ1v) is 2.94. The number of aromatic nitrogens is 2. The van der Waals surface area contributed by atoms with Crippen molar-refractivity contribution in [1.82, 2.24) is 9.61 Å². The molecule has 0 bridgehead atoms. The summed E-state index contributed by atoms with van der Waals surface area (Å²) in [6.45, 7) is 0. The van der Waals surface area contributed by atoms with Gasteiger partial charge in [-0.05, 0) is 0 Å². The smallest absolute Gasteiger partial charge is 0.373 e. The first-order valence-electron chi connectivity index (χ1n) is 2.94. The second kappa shape index (κ2) is 1.85. The summed E-state index contributed by atoms with van der Waals surface area (Å²) in [6.07, 6.45) is 2.85. The minimum absolute atomic E-state index is 0.104. The van der Waals surface area contributed by atoms with E-state index in [1.54, 1.807) is 6.07 Å². The van der Waals surface area contributed by atoms with Crippen molar-refractivity contribution in [3.8, 4) is 0 Å². The molecule has 0 radical (unpaired) electrons. The van der Waals surface area contributed by atoms with E-state index in [1.807, 2.05) is 0 Å². The van der Waals surface area contributed by atoms with Gasteiger partial charge in [0.1, 0.15) is 0 Å². The van der Waals surface area contributed by atoms with E-state index in [-0.39, 0.29) is 5.76 Å². The van der Waals surface area contributed by atoms with Crippen molar-refractivity contribution < 1.29 is 14.3 Å². The van der Waals surface area contributed by atoms with Crippen LogP contribution in [0.15, 0.2) is 22.9 Å². The summed E-state index contributed by atoms with van der Waals surface area (Å²) in [6, 6.07) is 1.59. The Morgan fingerprint density at radius 3 is 3.18 bits per heavy atom. The Labute approximate surface area is 60.9 Å². The van der Waals surface area contributed by atoms with E-state index in [0.717, 1.165) is 0 Å².